The van der Waals surface area contributed by atoms with Gasteiger partial charge in [0.2, 0.25) is 0 Å². The number of alkyl halides is 1. The molecule has 0 saturated carbocycles. The van der Waals surface area contributed by atoms with Crippen molar-refractivity contribution in [1.82, 2.24) is 4.90 Å². The average molecular weight is 298 g/mol. The highest BCUT2D eigenvalue weighted by Gasteiger charge is 2.23. The highest BCUT2D eigenvalue weighted by atomic mass is 79.9. The van der Waals surface area contributed by atoms with Gasteiger partial charge in [-0.25, -0.2) is 0 Å². The number of benzene rings is 1. The van der Waals surface area contributed by atoms with Crippen molar-refractivity contribution >= 4 is 15.9 Å². The van der Waals surface area contributed by atoms with Gasteiger partial charge < -0.3 is 4.74 Å². The second kappa shape index (κ2) is 5.87. The minimum absolute atomic E-state index is 0.689. The van der Waals surface area contributed by atoms with Crippen LogP contribution < -0.4 is 4.74 Å². The SMILES string of the molecule is COc1ccc(CN2CCC(Br)C(C)C2)cc1. The van der Waals surface area contributed by atoms with Crippen molar-refractivity contribution in [2.75, 3.05) is 20.2 Å². The molecule has 1 aromatic carbocycles. The molecule has 2 atom stereocenters. The Morgan fingerprint density at radius 1 is 1.35 bits per heavy atom. The number of nitrogens with zero attached hydrogens (tertiary/aromatic N) is 1. The van der Waals surface area contributed by atoms with Crippen LogP contribution in [0.5, 0.6) is 5.75 Å². The lowest BCUT2D eigenvalue weighted by atomic mass is 9.99. The summed E-state index contributed by atoms with van der Waals surface area (Å²) in [5.41, 5.74) is 1.37. The molecular formula is C14H20BrNO. The van der Waals surface area contributed by atoms with Crippen molar-refractivity contribution in [3.8, 4) is 5.75 Å². The number of piperidine rings is 1. The molecule has 1 saturated heterocycles. The molecule has 1 aromatic rings. The van der Waals surface area contributed by atoms with E-state index in [1.807, 2.05) is 12.1 Å². The van der Waals surface area contributed by atoms with E-state index < -0.39 is 0 Å². The van der Waals surface area contributed by atoms with Gasteiger partial charge in [0.25, 0.3) is 0 Å². The standard InChI is InChI=1S/C14H20BrNO/c1-11-9-16(8-7-14(11)15)10-12-3-5-13(17-2)6-4-12/h3-6,11,14H,7-10H2,1-2H3. The number of ether oxygens (including phenoxy) is 1. The van der Waals surface area contributed by atoms with Crippen LogP contribution in [0.1, 0.15) is 18.9 Å². The average Bonchev–Trinajstić information content (AvgIpc) is 2.35. The third-order valence-electron chi connectivity index (χ3n) is 3.45. The largest absolute Gasteiger partial charge is 0.497 e. The zero-order valence-electron chi connectivity index (χ0n) is 10.5. The first-order chi connectivity index (χ1) is 8.19. The summed E-state index contributed by atoms with van der Waals surface area (Å²) in [5.74, 6) is 1.67. The second-order valence-corrected chi connectivity index (χ2v) is 6.04. The lowest BCUT2D eigenvalue weighted by Gasteiger charge is -2.34. The second-order valence-electron chi connectivity index (χ2n) is 4.87. The summed E-state index contributed by atoms with van der Waals surface area (Å²) in [6.07, 6.45) is 1.25. The lowest BCUT2D eigenvalue weighted by molar-refractivity contribution is 0.183. The van der Waals surface area contributed by atoms with Gasteiger partial charge in [0.05, 0.1) is 7.11 Å². The molecule has 2 nitrogen and oxygen atoms in total. The summed E-state index contributed by atoms with van der Waals surface area (Å²) >= 11 is 3.74. The van der Waals surface area contributed by atoms with E-state index in [1.165, 1.54) is 25.1 Å². The molecule has 2 rings (SSSR count). The Labute approximate surface area is 112 Å². The van der Waals surface area contributed by atoms with Crippen molar-refractivity contribution in [2.24, 2.45) is 5.92 Å². The zero-order chi connectivity index (χ0) is 12.3. The van der Waals surface area contributed by atoms with Crippen LogP contribution in [0, 0.1) is 5.92 Å². The van der Waals surface area contributed by atoms with E-state index in [4.69, 9.17) is 4.74 Å². The first-order valence-corrected chi connectivity index (χ1v) is 7.10. The summed E-state index contributed by atoms with van der Waals surface area (Å²) in [4.78, 5) is 3.22. The Balaban J connectivity index is 1.92. The normalized spacial score (nSPS) is 25.8. The number of likely N-dealkylation sites (tertiary alicyclic amines) is 1. The molecule has 3 heteroatoms. The van der Waals surface area contributed by atoms with E-state index in [0.717, 1.165) is 18.2 Å². The molecular weight excluding hydrogens is 278 g/mol. The summed E-state index contributed by atoms with van der Waals surface area (Å²) in [6.45, 7) is 5.74. The van der Waals surface area contributed by atoms with Crippen molar-refractivity contribution in [3.05, 3.63) is 29.8 Å². The van der Waals surface area contributed by atoms with E-state index in [1.54, 1.807) is 7.11 Å². The van der Waals surface area contributed by atoms with Crippen LogP contribution in [-0.2, 0) is 6.54 Å². The molecule has 17 heavy (non-hydrogen) atoms. The summed E-state index contributed by atoms with van der Waals surface area (Å²) < 4.78 is 5.17. The first-order valence-electron chi connectivity index (χ1n) is 6.18. The van der Waals surface area contributed by atoms with Gasteiger partial charge in [-0.2, -0.15) is 0 Å². The molecule has 2 unspecified atom stereocenters. The maximum Gasteiger partial charge on any atom is 0.118 e. The topological polar surface area (TPSA) is 12.5 Å². The van der Waals surface area contributed by atoms with Gasteiger partial charge in [0, 0.05) is 17.9 Å². The molecule has 1 fully saturated rings. The van der Waals surface area contributed by atoms with Crippen LogP contribution in [0.3, 0.4) is 0 Å². The fourth-order valence-electron chi connectivity index (χ4n) is 2.34. The van der Waals surface area contributed by atoms with Gasteiger partial charge in [0.1, 0.15) is 5.75 Å². The minimum Gasteiger partial charge on any atom is -0.497 e. The van der Waals surface area contributed by atoms with Gasteiger partial charge in [-0.3, -0.25) is 4.90 Å². The number of hydrogen-bond acceptors (Lipinski definition) is 2. The van der Waals surface area contributed by atoms with Crippen LogP contribution in [0.15, 0.2) is 24.3 Å². The Morgan fingerprint density at radius 2 is 2.06 bits per heavy atom. The Bertz CT molecular complexity index is 352. The molecule has 0 N–H and O–H groups in total. The van der Waals surface area contributed by atoms with Crippen LogP contribution in [-0.4, -0.2) is 29.9 Å². The first kappa shape index (κ1) is 12.9. The van der Waals surface area contributed by atoms with Crippen molar-refractivity contribution in [2.45, 2.75) is 24.7 Å². The molecule has 0 aliphatic carbocycles. The third-order valence-corrected chi connectivity index (χ3v) is 4.81. The molecule has 1 aliphatic heterocycles. The summed E-state index contributed by atoms with van der Waals surface area (Å²) in [5, 5.41) is 0. The molecule has 0 amide bonds. The van der Waals surface area contributed by atoms with E-state index in [-0.39, 0.29) is 0 Å². The maximum absolute atomic E-state index is 5.17. The fraction of sp³-hybridized carbons (Fsp3) is 0.571. The predicted molar refractivity (Wildman–Crippen MR) is 74.8 cm³/mol. The number of methoxy groups -OCH3 is 1. The van der Waals surface area contributed by atoms with E-state index in [0.29, 0.717) is 4.83 Å². The van der Waals surface area contributed by atoms with Crippen molar-refractivity contribution in [3.63, 3.8) is 0 Å². The predicted octanol–water partition coefficient (Wildman–Crippen LogP) is 3.30. The van der Waals surface area contributed by atoms with Crippen LogP contribution in [0.25, 0.3) is 0 Å². The Hall–Kier alpha value is -0.540. The van der Waals surface area contributed by atoms with E-state index >= 15 is 0 Å². The van der Waals surface area contributed by atoms with Crippen LogP contribution >= 0.6 is 15.9 Å². The Kier molecular flexibility index (Phi) is 4.46. The third kappa shape index (κ3) is 3.46. The van der Waals surface area contributed by atoms with Gasteiger partial charge in [-0.1, -0.05) is 35.0 Å². The van der Waals surface area contributed by atoms with Gasteiger partial charge in [-0.15, -0.1) is 0 Å². The van der Waals surface area contributed by atoms with E-state index in [2.05, 4.69) is 39.9 Å². The zero-order valence-corrected chi connectivity index (χ0v) is 12.1. The number of hydrogen-bond donors (Lipinski definition) is 0. The van der Waals surface area contributed by atoms with Crippen LogP contribution in [0.4, 0.5) is 0 Å². The molecule has 0 bridgehead atoms. The Morgan fingerprint density at radius 3 is 2.65 bits per heavy atom. The molecule has 94 valence electrons. The molecule has 0 radical (unpaired) electrons. The number of halogens is 1. The van der Waals surface area contributed by atoms with Gasteiger partial charge in [-0.05, 0) is 36.6 Å². The van der Waals surface area contributed by atoms with Gasteiger partial charge in [0.15, 0.2) is 0 Å². The quantitative estimate of drug-likeness (QED) is 0.794. The minimum atomic E-state index is 0.689. The lowest BCUT2D eigenvalue weighted by Crippen LogP contribution is -2.39. The maximum atomic E-state index is 5.17. The highest BCUT2D eigenvalue weighted by molar-refractivity contribution is 9.09. The van der Waals surface area contributed by atoms with Crippen LogP contribution in [0.2, 0.25) is 0 Å². The number of rotatable bonds is 3. The molecule has 1 heterocycles. The molecule has 0 spiro atoms. The molecule has 0 aromatic heterocycles. The highest BCUT2D eigenvalue weighted by Crippen LogP contribution is 2.24. The smallest absolute Gasteiger partial charge is 0.118 e. The van der Waals surface area contributed by atoms with Crippen molar-refractivity contribution in [1.29, 1.82) is 0 Å². The van der Waals surface area contributed by atoms with Gasteiger partial charge >= 0.3 is 0 Å². The fourth-order valence-corrected chi connectivity index (χ4v) is 2.71. The summed E-state index contributed by atoms with van der Waals surface area (Å²) in [6, 6.07) is 8.39. The molecule has 1 aliphatic rings. The van der Waals surface area contributed by atoms with Crippen molar-refractivity contribution < 1.29 is 4.74 Å². The monoisotopic (exact) mass is 297 g/mol. The summed E-state index contributed by atoms with van der Waals surface area (Å²) in [7, 11) is 1.71. The van der Waals surface area contributed by atoms with E-state index in [9.17, 15) is 0 Å².